The molecule has 96 valence electrons. The van der Waals surface area contributed by atoms with Gasteiger partial charge in [-0.25, -0.2) is 4.98 Å². The van der Waals surface area contributed by atoms with E-state index in [1.807, 2.05) is 6.07 Å². The molecule has 0 saturated heterocycles. The molecule has 2 aromatic rings. The van der Waals surface area contributed by atoms with E-state index >= 15 is 0 Å². The van der Waals surface area contributed by atoms with Crippen molar-refractivity contribution in [2.24, 2.45) is 0 Å². The number of hydrogen-bond donors (Lipinski definition) is 1. The molecule has 0 unspecified atom stereocenters. The Morgan fingerprint density at radius 3 is 3.00 bits per heavy atom. The number of non-ortho nitro benzene ring substituents is 1. The number of nitrogens with zero attached hydrogens (tertiary/aromatic N) is 4. The van der Waals surface area contributed by atoms with Gasteiger partial charge in [0.15, 0.2) is 0 Å². The molecule has 0 bridgehead atoms. The summed E-state index contributed by atoms with van der Waals surface area (Å²) in [5.41, 5.74) is 1.53. The largest absolute Gasteiger partial charge is 0.388 e. The van der Waals surface area contributed by atoms with Gasteiger partial charge >= 0.3 is 0 Å². The Bertz CT molecular complexity index is 656. The number of rotatable bonds is 4. The van der Waals surface area contributed by atoms with Gasteiger partial charge in [-0.15, -0.1) is 0 Å². The van der Waals surface area contributed by atoms with Gasteiger partial charge in [0.25, 0.3) is 5.69 Å². The monoisotopic (exact) mass is 257 g/mol. The summed E-state index contributed by atoms with van der Waals surface area (Å²) in [7, 11) is 1.74. The topological polar surface area (TPSA) is 96.8 Å². The number of anilines is 1. The Morgan fingerprint density at radius 1 is 1.58 bits per heavy atom. The van der Waals surface area contributed by atoms with Gasteiger partial charge in [0.2, 0.25) is 5.82 Å². The molecule has 0 saturated carbocycles. The third kappa shape index (κ3) is 2.52. The van der Waals surface area contributed by atoms with Crippen molar-refractivity contribution in [2.75, 3.05) is 12.4 Å². The predicted molar refractivity (Wildman–Crippen MR) is 68.7 cm³/mol. The van der Waals surface area contributed by atoms with Gasteiger partial charge in [-0.1, -0.05) is 0 Å². The number of nitrogens with one attached hydrogen (secondary N) is 1. The van der Waals surface area contributed by atoms with E-state index in [4.69, 9.17) is 5.26 Å². The Balaban J connectivity index is 2.41. The second-order valence-corrected chi connectivity index (χ2v) is 3.84. The molecule has 1 N–H and O–H groups in total. The molecule has 0 radical (unpaired) electrons. The number of nitro groups is 1. The number of hydrogen-bond acceptors (Lipinski definition) is 5. The molecule has 19 heavy (non-hydrogen) atoms. The fourth-order valence-electron chi connectivity index (χ4n) is 1.80. The highest BCUT2D eigenvalue weighted by atomic mass is 16.6. The van der Waals surface area contributed by atoms with Crippen LogP contribution in [0.25, 0.3) is 0 Å². The van der Waals surface area contributed by atoms with Gasteiger partial charge in [-0.05, 0) is 6.07 Å². The first kappa shape index (κ1) is 12.6. The molecule has 2 rings (SSSR count). The van der Waals surface area contributed by atoms with Crippen LogP contribution in [-0.2, 0) is 6.54 Å². The minimum Gasteiger partial charge on any atom is -0.388 e. The zero-order valence-electron chi connectivity index (χ0n) is 10.2. The third-order valence-corrected chi connectivity index (χ3v) is 2.73. The van der Waals surface area contributed by atoms with Gasteiger partial charge in [-0.2, -0.15) is 5.26 Å². The van der Waals surface area contributed by atoms with Crippen LogP contribution in [0.15, 0.2) is 30.6 Å². The van der Waals surface area contributed by atoms with Crippen LogP contribution in [0.5, 0.6) is 0 Å². The van der Waals surface area contributed by atoms with E-state index in [0.29, 0.717) is 6.54 Å². The summed E-state index contributed by atoms with van der Waals surface area (Å²) in [4.78, 5) is 14.2. The number of aromatic nitrogens is 2. The maximum Gasteiger partial charge on any atom is 0.269 e. The molecule has 7 nitrogen and oxygen atoms in total. The van der Waals surface area contributed by atoms with Crippen LogP contribution in [0.4, 0.5) is 11.4 Å². The van der Waals surface area contributed by atoms with Gasteiger partial charge in [-0.3, -0.25) is 10.1 Å². The number of nitro benzene ring substituents is 1. The first-order valence-electron chi connectivity index (χ1n) is 5.52. The number of benzene rings is 1. The van der Waals surface area contributed by atoms with Crippen molar-refractivity contribution in [2.45, 2.75) is 6.54 Å². The first-order valence-corrected chi connectivity index (χ1v) is 5.52. The van der Waals surface area contributed by atoms with Crippen molar-refractivity contribution in [3.63, 3.8) is 0 Å². The van der Waals surface area contributed by atoms with Crippen LogP contribution in [0.1, 0.15) is 11.4 Å². The first-order chi connectivity index (χ1) is 9.15. The summed E-state index contributed by atoms with van der Waals surface area (Å²) < 4.78 is 1.64. The summed E-state index contributed by atoms with van der Waals surface area (Å²) in [5.74, 6) is 0.272. The molecule has 1 aromatic carbocycles. The van der Waals surface area contributed by atoms with Crippen LogP contribution in [-0.4, -0.2) is 21.5 Å². The lowest BCUT2D eigenvalue weighted by Gasteiger charge is -2.10. The van der Waals surface area contributed by atoms with E-state index in [9.17, 15) is 10.1 Å². The molecule has 1 aromatic heterocycles. The molecule has 1 heterocycles. The van der Waals surface area contributed by atoms with E-state index in [0.717, 1.165) is 11.3 Å². The van der Waals surface area contributed by atoms with E-state index in [2.05, 4.69) is 10.3 Å². The third-order valence-electron chi connectivity index (χ3n) is 2.73. The molecular weight excluding hydrogens is 246 g/mol. The standard InChI is InChI=1S/C12H11N5O2/c1-14-11-3-2-10(17(18)19)6-9(11)8-16-5-4-15-12(16)7-13/h2-6,14H,8H2,1H3. The maximum absolute atomic E-state index is 10.8. The zero-order chi connectivity index (χ0) is 13.8. The molecule has 0 aliphatic heterocycles. The summed E-state index contributed by atoms with van der Waals surface area (Å²) in [5, 5.41) is 22.7. The highest BCUT2D eigenvalue weighted by molar-refractivity contribution is 5.55. The molecule has 7 heteroatoms. The maximum atomic E-state index is 10.8. The summed E-state index contributed by atoms with van der Waals surface area (Å²) in [6.07, 6.45) is 3.19. The number of imidazole rings is 1. The average molecular weight is 257 g/mol. The molecule has 0 aliphatic rings. The summed E-state index contributed by atoms with van der Waals surface area (Å²) in [6, 6.07) is 6.55. The highest BCUT2D eigenvalue weighted by Gasteiger charge is 2.11. The second kappa shape index (κ2) is 5.18. The van der Waals surface area contributed by atoms with Crippen LogP contribution in [0.2, 0.25) is 0 Å². The van der Waals surface area contributed by atoms with Crippen molar-refractivity contribution in [3.05, 3.63) is 52.1 Å². The normalized spacial score (nSPS) is 9.89. The van der Waals surface area contributed by atoms with Crippen LogP contribution >= 0.6 is 0 Å². The lowest BCUT2D eigenvalue weighted by molar-refractivity contribution is -0.384. The summed E-state index contributed by atoms with van der Waals surface area (Å²) in [6.45, 7) is 0.348. The number of nitriles is 1. The van der Waals surface area contributed by atoms with Crippen molar-refractivity contribution in [1.82, 2.24) is 9.55 Å². The van der Waals surface area contributed by atoms with Crippen LogP contribution in [0, 0.1) is 21.4 Å². The lowest BCUT2D eigenvalue weighted by atomic mass is 10.1. The SMILES string of the molecule is CNc1ccc([N+](=O)[O-])cc1Cn1ccnc1C#N. The zero-order valence-corrected chi connectivity index (χ0v) is 10.2. The summed E-state index contributed by atoms with van der Waals surface area (Å²) >= 11 is 0. The lowest BCUT2D eigenvalue weighted by Crippen LogP contribution is -2.05. The Morgan fingerprint density at radius 2 is 2.37 bits per heavy atom. The fraction of sp³-hybridized carbons (Fsp3) is 0.167. The molecular formula is C12H11N5O2. The van der Waals surface area contributed by atoms with Crippen molar-refractivity contribution < 1.29 is 4.92 Å². The quantitative estimate of drug-likeness (QED) is 0.664. The van der Waals surface area contributed by atoms with Gasteiger partial charge in [0.05, 0.1) is 11.5 Å². The van der Waals surface area contributed by atoms with Crippen LogP contribution in [0.3, 0.4) is 0 Å². The van der Waals surface area contributed by atoms with E-state index in [1.165, 1.54) is 18.3 Å². The smallest absolute Gasteiger partial charge is 0.269 e. The van der Waals surface area contributed by atoms with Crippen molar-refractivity contribution in [3.8, 4) is 6.07 Å². The van der Waals surface area contributed by atoms with Gasteiger partial charge < -0.3 is 9.88 Å². The van der Waals surface area contributed by atoms with Crippen molar-refractivity contribution in [1.29, 1.82) is 5.26 Å². The van der Waals surface area contributed by atoms with E-state index in [-0.39, 0.29) is 11.5 Å². The van der Waals surface area contributed by atoms with Crippen LogP contribution < -0.4 is 5.32 Å². The van der Waals surface area contributed by atoms with Crippen molar-refractivity contribution >= 4 is 11.4 Å². The molecule has 0 aliphatic carbocycles. The molecule has 0 atom stereocenters. The van der Waals surface area contributed by atoms with E-state index < -0.39 is 4.92 Å². The Labute approximate surface area is 109 Å². The van der Waals surface area contributed by atoms with Gasteiger partial charge in [0, 0.05) is 42.8 Å². The second-order valence-electron chi connectivity index (χ2n) is 3.84. The van der Waals surface area contributed by atoms with E-state index in [1.54, 1.807) is 23.9 Å². The highest BCUT2D eigenvalue weighted by Crippen LogP contribution is 2.23. The average Bonchev–Trinajstić information content (AvgIpc) is 2.85. The predicted octanol–water partition coefficient (Wildman–Crippen LogP) is 1.75. The Kier molecular flexibility index (Phi) is 3.43. The fourth-order valence-corrected chi connectivity index (χ4v) is 1.80. The minimum atomic E-state index is -0.442. The molecule has 0 fully saturated rings. The Hall–Kier alpha value is -2.88. The molecule has 0 amide bonds. The minimum absolute atomic E-state index is 0.0209. The molecule has 0 spiro atoms. The van der Waals surface area contributed by atoms with Gasteiger partial charge in [0.1, 0.15) is 6.07 Å².